The van der Waals surface area contributed by atoms with Gasteiger partial charge in [0.1, 0.15) is 17.4 Å². The summed E-state index contributed by atoms with van der Waals surface area (Å²) >= 11 is 3.20. The molecular weight excluding hydrogens is 585 g/mol. The van der Waals surface area contributed by atoms with Gasteiger partial charge in [-0.2, -0.15) is 0 Å². The minimum Gasteiger partial charge on any atom is -0.453 e. The first-order valence-corrected chi connectivity index (χ1v) is 17.2. The monoisotopic (exact) mass is 632 g/mol. The third-order valence-corrected chi connectivity index (χ3v) is 9.23. The highest BCUT2D eigenvalue weighted by atomic mass is 32.2. The van der Waals surface area contributed by atoms with Crippen LogP contribution in [0.5, 0.6) is 11.5 Å². The Bertz CT molecular complexity index is 1390. The van der Waals surface area contributed by atoms with Crippen LogP contribution in [0.1, 0.15) is 59.1 Å². The van der Waals surface area contributed by atoms with Crippen molar-refractivity contribution in [2.75, 3.05) is 27.2 Å². The van der Waals surface area contributed by atoms with Gasteiger partial charge in [-0.15, -0.1) is 0 Å². The van der Waals surface area contributed by atoms with E-state index in [1.165, 1.54) is 6.42 Å². The number of hydrogen-bond donors (Lipinski definition) is 1. The number of nitrogens with zero attached hydrogens (tertiary/aromatic N) is 5. The van der Waals surface area contributed by atoms with E-state index in [1.807, 2.05) is 74.2 Å². The van der Waals surface area contributed by atoms with Gasteiger partial charge in [0.25, 0.3) is 0 Å². The predicted octanol–water partition coefficient (Wildman–Crippen LogP) is 9.42. The molecule has 0 saturated carbocycles. The number of ether oxygens (including phenoxy) is 1. The number of para-hydroxylation sites is 1. The van der Waals surface area contributed by atoms with Crippen molar-refractivity contribution >= 4 is 41.0 Å². The summed E-state index contributed by atoms with van der Waals surface area (Å²) in [6.45, 7) is 16.6. The lowest BCUT2D eigenvalue weighted by Gasteiger charge is -2.30. The fraction of sp³-hybridized carbons (Fsp3) is 0.429. The van der Waals surface area contributed by atoms with E-state index in [-0.39, 0.29) is 5.92 Å². The Morgan fingerprint density at radius 1 is 1.16 bits per heavy atom. The highest BCUT2D eigenvalue weighted by Gasteiger charge is 2.24. The average molecular weight is 633 g/mol. The highest BCUT2D eigenvalue weighted by Crippen LogP contribution is 2.40. The van der Waals surface area contributed by atoms with Crippen LogP contribution in [0.15, 0.2) is 91.5 Å². The van der Waals surface area contributed by atoms with Crippen LogP contribution in [-0.4, -0.2) is 53.7 Å². The van der Waals surface area contributed by atoms with Crippen molar-refractivity contribution in [1.82, 2.24) is 20.2 Å². The van der Waals surface area contributed by atoms with Gasteiger partial charge in [0, 0.05) is 52.0 Å². The minimum absolute atomic E-state index is 0.191. The van der Waals surface area contributed by atoms with Gasteiger partial charge in [0.15, 0.2) is 11.6 Å². The zero-order chi connectivity index (χ0) is 31.9. The Hall–Kier alpha value is -3.14. The second-order valence-corrected chi connectivity index (χ2v) is 12.9. The molecule has 1 saturated heterocycles. The highest BCUT2D eigenvalue weighted by molar-refractivity contribution is 8.04. The van der Waals surface area contributed by atoms with E-state index in [0.717, 1.165) is 70.2 Å². The molecule has 1 atom stereocenters. The second kappa shape index (κ2) is 18.6. The molecule has 1 unspecified atom stereocenters. The van der Waals surface area contributed by atoms with E-state index in [9.17, 15) is 0 Å². The molecule has 3 heterocycles. The van der Waals surface area contributed by atoms with Crippen LogP contribution in [0, 0.1) is 18.8 Å². The summed E-state index contributed by atoms with van der Waals surface area (Å²) < 4.78 is 6.38. The first-order chi connectivity index (χ1) is 21.3. The van der Waals surface area contributed by atoms with Crippen molar-refractivity contribution in [3.8, 4) is 11.5 Å². The topological polar surface area (TPSA) is 75.0 Å². The van der Waals surface area contributed by atoms with E-state index in [2.05, 4.69) is 61.5 Å². The quantitative estimate of drug-likeness (QED) is 0.136. The average Bonchev–Trinajstić information content (AvgIpc) is 3.03. The smallest absolute Gasteiger partial charge is 0.197 e. The molecule has 0 aliphatic carbocycles. The van der Waals surface area contributed by atoms with Crippen molar-refractivity contribution < 1.29 is 4.74 Å². The number of thioether (sulfide) groups is 1. The lowest BCUT2D eigenvalue weighted by atomic mass is 9.95. The van der Waals surface area contributed by atoms with E-state index in [1.54, 1.807) is 23.5 Å². The van der Waals surface area contributed by atoms with Gasteiger partial charge in [-0.3, -0.25) is 9.98 Å². The van der Waals surface area contributed by atoms with Gasteiger partial charge in [0.05, 0.1) is 5.69 Å². The first kappa shape index (κ1) is 35.3. The number of rotatable bonds is 10. The normalized spacial score (nSPS) is 15.2. The largest absolute Gasteiger partial charge is 0.453 e. The van der Waals surface area contributed by atoms with Gasteiger partial charge >= 0.3 is 0 Å². The molecule has 1 fully saturated rings. The van der Waals surface area contributed by atoms with E-state index < -0.39 is 0 Å². The van der Waals surface area contributed by atoms with Crippen molar-refractivity contribution in [2.24, 2.45) is 21.8 Å². The Morgan fingerprint density at radius 2 is 1.86 bits per heavy atom. The number of nitrogens with one attached hydrogen (secondary N) is 1. The molecule has 1 aliphatic heterocycles. The number of aliphatic imine (C=N–C) groups is 2. The summed E-state index contributed by atoms with van der Waals surface area (Å²) in [4.78, 5) is 24.5. The van der Waals surface area contributed by atoms with Gasteiger partial charge in [-0.05, 0) is 69.9 Å². The van der Waals surface area contributed by atoms with Crippen LogP contribution < -0.4 is 10.1 Å². The zero-order valence-corrected chi connectivity index (χ0v) is 29.0. The van der Waals surface area contributed by atoms with Crippen LogP contribution >= 0.6 is 23.5 Å². The molecule has 2 aromatic heterocycles. The fourth-order valence-corrected chi connectivity index (χ4v) is 6.27. The van der Waals surface area contributed by atoms with Gasteiger partial charge in [-0.25, -0.2) is 9.98 Å². The Labute approximate surface area is 273 Å². The molecule has 7 nitrogen and oxygen atoms in total. The number of piperidine rings is 1. The van der Waals surface area contributed by atoms with Crippen LogP contribution in [0.25, 0.3) is 0 Å². The predicted molar refractivity (Wildman–Crippen MR) is 189 cm³/mol. The third-order valence-electron chi connectivity index (χ3n) is 7.16. The minimum atomic E-state index is 0.191. The number of pyridine rings is 2. The fourth-order valence-electron chi connectivity index (χ4n) is 4.54. The standard InChI is InChI=1S/C32H40N6OS2.C3H8/c1-7-22(3)30(36-31(33-5)24-15-18-38(6)19-16-24)37-32-27(39-25-12-10-9-11-13-25)20-26(21-35-32)41-28-14-17-34-23(4)29(28)40-8-2;1-3-2/h8-14,17,20-22,24H,2,7,15-16,18-19H2,1,3-6H3,(H,33,35,36,37);3H2,1-2H3. The summed E-state index contributed by atoms with van der Waals surface area (Å²) in [5.41, 5.74) is 0.970. The molecule has 3 aromatic rings. The van der Waals surface area contributed by atoms with Gasteiger partial charge in [-0.1, -0.05) is 82.4 Å². The SMILES string of the molecule is C=CSc1c(Sc2cnc(/N=C(/NC(=NC)C3CCN(C)CC3)C(C)CC)c(Oc3ccccc3)c2)ccnc1C.CCC. The zero-order valence-electron chi connectivity index (χ0n) is 27.3. The summed E-state index contributed by atoms with van der Waals surface area (Å²) in [7, 11) is 4.04. The second-order valence-electron chi connectivity index (χ2n) is 10.8. The van der Waals surface area contributed by atoms with Crippen LogP contribution in [0.2, 0.25) is 0 Å². The lowest BCUT2D eigenvalue weighted by Crippen LogP contribution is -2.43. The first-order valence-electron chi connectivity index (χ1n) is 15.5. The third kappa shape index (κ3) is 10.5. The summed E-state index contributed by atoms with van der Waals surface area (Å²) in [6.07, 6.45) is 8.04. The van der Waals surface area contributed by atoms with Crippen molar-refractivity contribution in [2.45, 2.75) is 75.0 Å². The molecule has 1 N–H and O–H groups in total. The Balaban J connectivity index is 0.00000169. The van der Waals surface area contributed by atoms with Crippen LogP contribution in [-0.2, 0) is 0 Å². The van der Waals surface area contributed by atoms with Crippen molar-refractivity contribution in [1.29, 1.82) is 0 Å². The Morgan fingerprint density at radius 3 is 2.50 bits per heavy atom. The summed E-state index contributed by atoms with van der Waals surface area (Å²) in [5.74, 6) is 4.30. The van der Waals surface area contributed by atoms with E-state index in [4.69, 9.17) is 14.7 Å². The van der Waals surface area contributed by atoms with Crippen molar-refractivity contribution in [3.05, 3.63) is 72.5 Å². The van der Waals surface area contributed by atoms with Crippen LogP contribution in [0.4, 0.5) is 5.82 Å². The van der Waals surface area contributed by atoms with E-state index >= 15 is 0 Å². The number of hydrogen-bond acceptors (Lipinski definition) is 8. The number of aryl methyl sites for hydroxylation is 1. The van der Waals surface area contributed by atoms with E-state index in [0.29, 0.717) is 17.5 Å². The van der Waals surface area contributed by atoms with Gasteiger partial charge in [0.2, 0.25) is 0 Å². The Kier molecular flexibility index (Phi) is 15.0. The molecule has 4 rings (SSSR count). The molecular formula is C35H48N6OS2. The van der Waals surface area contributed by atoms with Gasteiger partial charge < -0.3 is 15.0 Å². The maximum atomic E-state index is 6.38. The maximum absolute atomic E-state index is 6.38. The summed E-state index contributed by atoms with van der Waals surface area (Å²) in [5, 5.41) is 5.45. The number of likely N-dealkylation sites (tertiary alicyclic amines) is 1. The number of amidine groups is 2. The molecule has 1 aromatic carbocycles. The summed E-state index contributed by atoms with van der Waals surface area (Å²) in [6, 6.07) is 13.8. The van der Waals surface area contributed by atoms with Crippen molar-refractivity contribution in [3.63, 3.8) is 0 Å². The van der Waals surface area contributed by atoms with Crippen LogP contribution in [0.3, 0.4) is 0 Å². The lowest BCUT2D eigenvalue weighted by molar-refractivity contribution is 0.250. The molecule has 0 bridgehead atoms. The molecule has 1 aliphatic rings. The molecule has 0 radical (unpaired) electrons. The molecule has 236 valence electrons. The molecule has 0 amide bonds. The number of benzene rings is 1. The molecule has 44 heavy (non-hydrogen) atoms. The number of aromatic nitrogens is 2. The molecule has 0 spiro atoms. The molecule has 9 heteroatoms. The maximum Gasteiger partial charge on any atom is 0.197 e.